The number of aromatic nitrogens is 1. The number of hydrogen-bond donors (Lipinski definition) is 0. The molecule has 4 rings (SSSR count). The van der Waals surface area contributed by atoms with E-state index >= 15 is 0 Å². The summed E-state index contributed by atoms with van der Waals surface area (Å²) in [5.74, 6) is 1.35. The highest BCUT2D eigenvalue weighted by Gasteiger charge is 2.20. The first-order chi connectivity index (χ1) is 15.5. The van der Waals surface area contributed by atoms with Gasteiger partial charge in [0.15, 0.2) is 16.6 Å². The maximum atomic E-state index is 13.3. The summed E-state index contributed by atoms with van der Waals surface area (Å²) >= 11 is 1.57. The SMILES string of the molecule is CCN(CC)CCN(C(=O)/C=C/c1ccc2c(c1)OCO2)c1nc2c(C)c(C)ccc2s1. The molecule has 6 nitrogen and oxygen atoms in total. The number of anilines is 1. The molecule has 2 aromatic carbocycles. The fourth-order valence-corrected chi connectivity index (χ4v) is 4.74. The van der Waals surface area contributed by atoms with Gasteiger partial charge in [0, 0.05) is 19.2 Å². The summed E-state index contributed by atoms with van der Waals surface area (Å²) in [6.07, 6.45) is 3.43. The molecular formula is C25H29N3O3S. The molecule has 1 aliphatic heterocycles. The van der Waals surface area contributed by atoms with E-state index in [0.29, 0.717) is 12.3 Å². The van der Waals surface area contributed by atoms with Gasteiger partial charge in [-0.1, -0.05) is 37.3 Å². The Morgan fingerprint density at radius 3 is 2.66 bits per heavy atom. The topological polar surface area (TPSA) is 54.9 Å². The van der Waals surface area contributed by atoms with Crippen molar-refractivity contribution in [2.45, 2.75) is 27.7 Å². The van der Waals surface area contributed by atoms with Crippen molar-refractivity contribution in [2.24, 2.45) is 0 Å². The van der Waals surface area contributed by atoms with Crippen LogP contribution in [0.15, 0.2) is 36.4 Å². The van der Waals surface area contributed by atoms with Crippen LogP contribution in [-0.4, -0.2) is 48.8 Å². The molecule has 0 fully saturated rings. The predicted molar refractivity (Wildman–Crippen MR) is 131 cm³/mol. The molecule has 0 unspecified atom stereocenters. The molecule has 0 radical (unpaired) electrons. The van der Waals surface area contributed by atoms with Gasteiger partial charge in [-0.05, 0) is 67.9 Å². The highest BCUT2D eigenvalue weighted by molar-refractivity contribution is 7.22. The minimum absolute atomic E-state index is 0.0803. The highest BCUT2D eigenvalue weighted by atomic mass is 32.1. The van der Waals surface area contributed by atoms with Gasteiger partial charge < -0.3 is 14.4 Å². The van der Waals surface area contributed by atoms with Gasteiger partial charge in [-0.2, -0.15) is 0 Å². The van der Waals surface area contributed by atoms with Crippen LogP contribution in [0, 0.1) is 13.8 Å². The molecule has 0 saturated heterocycles. The van der Waals surface area contributed by atoms with E-state index in [-0.39, 0.29) is 12.7 Å². The van der Waals surface area contributed by atoms with Crippen LogP contribution >= 0.6 is 11.3 Å². The van der Waals surface area contributed by atoms with Gasteiger partial charge in [0.2, 0.25) is 6.79 Å². The Morgan fingerprint density at radius 2 is 1.88 bits per heavy atom. The van der Waals surface area contributed by atoms with Crippen molar-refractivity contribution < 1.29 is 14.3 Å². The zero-order chi connectivity index (χ0) is 22.7. The van der Waals surface area contributed by atoms with Crippen molar-refractivity contribution in [3.8, 4) is 11.5 Å². The van der Waals surface area contributed by atoms with Crippen LogP contribution in [0.1, 0.15) is 30.5 Å². The molecule has 1 amide bonds. The number of likely N-dealkylation sites (N-methyl/N-ethyl adjacent to an activating group) is 1. The molecule has 0 aliphatic carbocycles. The molecule has 1 aliphatic rings. The Morgan fingerprint density at radius 1 is 1.09 bits per heavy atom. The van der Waals surface area contributed by atoms with Crippen molar-refractivity contribution in [1.82, 2.24) is 9.88 Å². The minimum Gasteiger partial charge on any atom is -0.454 e. The Kier molecular flexibility index (Phi) is 6.77. The van der Waals surface area contributed by atoms with Crippen molar-refractivity contribution in [3.63, 3.8) is 0 Å². The average molecular weight is 452 g/mol. The monoisotopic (exact) mass is 451 g/mol. The van der Waals surface area contributed by atoms with Crippen LogP contribution in [0.3, 0.4) is 0 Å². The summed E-state index contributed by atoms with van der Waals surface area (Å²) in [4.78, 5) is 22.3. The number of rotatable bonds is 8. The number of ether oxygens (including phenoxy) is 2. The Labute approximate surface area is 193 Å². The fourth-order valence-electron chi connectivity index (χ4n) is 3.69. The van der Waals surface area contributed by atoms with Crippen LogP contribution in [0.25, 0.3) is 16.3 Å². The molecule has 0 atom stereocenters. The maximum Gasteiger partial charge on any atom is 0.252 e. The van der Waals surface area contributed by atoms with Gasteiger partial charge in [-0.25, -0.2) is 4.98 Å². The second-order valence-electron chi connectivity index (χ2n) is 7.81. The first-order valence-corrected chi connectivity index (χ1v) is 11.8. The Hall–Kier alpha value is -2.90. The molecule has 3 aromatic rings. The normalized spacial score (nSPS) is 12.9. The summed E-state index contributed by atoms with van der Waals surface area (Å²) in [5, 5.41) is 0.737. The average Bonchev–Trinajstić information content (AvgIpc) is 3.44. The number of carbonyl (C=O) groups is 1. The number of carbonyl (C=O) groups excluding carboxylic acids is 1. The lowest BCUT2D eigenvalue weighted by Gasteiger charge is -2.23. The smallest absolute Gasteiger partial charge is 0.252 e. The van der Waals surface area contributed by atoms with E-state index in [1.807, 2.05) is 24.3 Å². The van der Waals surface area contributed by atoms with Crippen LogP contribution in [0.5, 0.6) is 11.5 Å². The number of fused-ring (bicyclic) bond motifs is 2. The molecule has 168 valence electrons. The summed E-state index contributed by atoms with van der Waals surface area (Å²) in [7, 11) is 0. The third-order valence-corrected chi connectivity index (χ3v) is 6.96. The first kappa shape index (κ1) is 22.3. The quantitative estimate of drug-likeness (QED) is 0.450. The number of benzene rings is 2. The van der Waals surface area contributed by atoms with E-state index in [2.05, 4.69) is 44.7 Å². The maximum absolute atomic E-state index is 13.3. The van der Waals surface area contributed by atoms with Crippen molar-refractivity contribution in [2.75, 3.05) is 37.9 Å². The number of aryl methyl sites for hydroxylation is 2. The molecular weight excluding hydrogens is 422 g/mol. The number of thiazole rings is 1. The minimum atomic E-state index is -0.0803. The second kappa shape index (κ2) is 9.71. The third kappa shape index (κ3) is 4.64. The molecule has 0 saturated carbocycles. The lowest BCUT2D eigenvalue weighted by Crippen LogP contribution is -2.38. The second-order valence-corrected chi connectivity index (χ2v) is 8.82. The van der Waals surface area contributed by atoms with Gasteiger partial charge >= 0.3 is 0 Å². The van der Waals surface area contributed by atoms with Crippen LogP contribution in [-0.2, 0) is 4.79 Å². The van der Waals surface area contributed by atoms with Crippen LogP contribution in [0.2, 0.25) is 0 Å². The summed E-state index contributed by atoms with van der Waals surface area (Å²) in [5.41, 5.74) is 4.24. The largest absolute Gasteiger partial charge is 0.454 e. The molecule has 0 spiro atoms. The van der Waals surface area contributed by atoms with Crippen molar-refractivity contribution >= 4 is 38.7 Å². The lowest BCUT2D eigenvalue weighted by atomic mass is 10.1. The summed E-state index contributed by atoms with van der Waals surface area (Å²) in [6, 6.07) is 9.87. The van der Waals surface area contributed by atoms with Gasteiger partial charge in [-0.3, -0.25) is 9.69 Å². The predicted octanol–water partition coefficient (Wildman–Crippen LogP) is 5.03. The van der Waals surface area contributed by atoms with E-state index in [1.54, 1.807) is 22.3 Å². The van der Waals surface area contributed by atoms with Gasteiger partial charge in [0.05, 0.1) is 10.2 Å². The third-order valence-electron chi connectivity index (χ3n) is 5.92. The zero-order valence-corrected chi connectivity index (χ0v) is 19.9. The number of hydrogen-bond acceptors (Lipinski definition) is 6. The number of amides is 1. The van der Waals surface area contributed by atoms with Gasteiger partial charge in [-0.15, -0.1) is 0 Å². The molecule has 0 bridgehead atoms. The van der Waals surface area contributed by atoms with E-state index < -0.39 is 0 Å². The van der Waals surface area contributed by atoms with E-state index in [1.165, 1.54) is 5.56 Å². The van der Waals surface area contributed by atoms with Crippen LogP contribution in [0.4, 0.5) is 5.13 Å². The number of nitrogens with zero attached hydrogens (tertiary/aromatic N) is 3. The molecule has 7 heteroatoms. The Balaban J connectivity index is 1.61. The van der Waals surface area contributed by atoms with Crippen LogP contribution < -0.4 is 14.4 Å². The zero-order valence-electron chi connectivity index (χ0n) is 19.1. The summed E-state index contributed by atoms with van der Waals surface area (Å²) in [6.45, 7) is 12.0. The van der Waals surface area contributed by atoms with Crippen molar-refractivity contribution in [3.05, 3.63) is 53.1 Å². The molecule has 0 N–H and O–H groups in total. The van der Waals surface area contributed by atoms with Gasteiger partial charge in [0.25, 0.3) is 5.91 Å². The fraction of sp³-hybridized carbons (Fsp3) is 0.360. The lowest BCUT2D eigenvalue weighted by molar-refractivity contribution is -0.114. The summed E-state index contributed by atoms with van der Waals surface area (Å²) < 4.78 is 11.9. The molecule has 1 aromatic heterocycles. The van der Waals surface area contributed by atoms with E-state index in [9.17, 15) is 4.79 Å². The molecule has 2 heterocycles. The van der Waals surface area contributed by atoms with E-state index in [4.69, 9.17) is 14.5 Å². The van der Waals surface area contributed by atoms with Crippen molar-refractivity contribution in [1.29, 1.82) is 0 Å². The highest BCUT2D eigenvalue weighted by Crippen LogP contribution is 2.34. The van der Waals surface area contributed by atoms with Gasteiger partial charge in [0.1, 0.15) is 0 Å². The standard InChI is InChI=1S/C25H29N3O3S/c1-5-27(6-2)13-14-28(25-26-24-18(4)17(3)7-11-22(24)32-25)23(29)12-9-19-8-10-20-21(15-19)31-16-30-20/h7-12,15H,5-6,13-14,16H2,1-4H3/b12-9+. The first-order valence-electron chi connectivity index (χ1n) is 11.0. The Bertz CT molecular complexity index is 1150. The van der Waals surface area contributed by atoms with E-state index in [0.717, 1.165) is 51.9 Å². The molecule has 32 heavy (non-hydrogen) atoms.